The zero-order valence-corrected chi connectivity index (χ0v) is 21.5. The van der Waals surface area contributed by atoms with E-state index in [1.54, 1.807) is 0 Å². The van der Waals surface area contributed by atoms with Crippen LogP contribution in [0.15, 0.2) is 91.0 Å². The summed E-state index contributed by atoms with van der Waals surface area (Å²) in [5.41, 5.74) is 3.46. The Kier molecular flexibility index (Phi) is 9.76. The molecule has 2 unspecified atom stereocenters. The maximum Gasteiger partial charge on any atom is 0.158 e. The molecule has 5 nitrogen and oxygen atoms in total. The first-order valence-corrected chi connectivity index (χ1v) is 13.5. The Hall–Kier alpha value is -2.54. The van der Waals surface area contributed by atoms with Crippen LogP contribution in [-0.4, -0.2) is 37.8 Å². The molecule has 1 saturated heterocycles. The molecule has 0 radical (unpaired) electrons. The van der Waals surface area contributed by atoms with Crippen molar-refractivity contribution in [2.45, 2.75) is 70.1 Å². The van der Waals surface area contributed by atoms with Gasteiger partial charge in [-0.1, -0.05) is 91.0 Å². The summed E-state index contributed by atoms with van der Waals surface area (Å²) in [5, 5.41) is 0. The second-order valence-electron chi connectivity index (χ2n) is 9.99. The van der Waals surface area contributed by atoms with Crippen molar-refractivity contribution in [2.75, 3.05) is 13.2 Å². The van der Waals surface area contributed by atoms with E-state index in [4.69, 9.17) is 23.7 Å². The smallest absolute Gasteiger partial charge is 0.158 e. The van der Waals surface area contributed by atoms with Gasteiger partial charge in [-0.25, -0.2) is 0 Å². The topological polar surface area (TPSA) is 46.2 Å². The Morgan fingerprint density at radius 3 is 1.78 bits per heavy atom. The van der Waals surface area contributed by atoms with Crippen LogP contribution in [0.25, 0.3) is 0 Å². The number of benzene rings is 3. The van der Waals surface area contributed by atoms with Gasteiger partial charge in [0.05, 0.1) is 38.6 Å². The van der Waals surface area contributed by atoms with Crippen LogP contribution >= 0.6 is 0 Å². The molecule has 5 atom stereocenters. The van der Waals surface area contributed by atoms with E-state index >= 15 is 0 Å². The fourth-order valence-corrected chi connectivity index (χ4v) is 5.22. The van der Waals surface area contributed by atoms with Gasteiger partial charge in [0.15, 0.2) is 6.29 Å². The van der Waals surface area contributed by atoms with Crippen LogP contribution in [0.5, 0.6) is 0 Å². The molecular weight excluding hydrogens is 464 g/mol. The zero-order chi connectivity index (χ0) is 25.1. The highest BCUT2D eigenvalue weighted by atomic mass is 16.7. The SMILES string of the molecule is c1ccc(COC[C@H]2C[C@@H](OC3CCCCO3)C(OCc3ccccc3)[C@H]2OCc2ccccc2)cc1. The van der Waals surface area contributed by atoms with Crippen LogP contribution in [0.1, 0.15) is 42.4 Å². The first-order chi connectivity index (χ1) is 18.3. The van der Waals surface area contributed by atoms with Gasteiger partial charge in [0.25, 0.3) is 0 Å². The Morgan fingerprint density at radius 2 is 1.22 bits per heavy atom. The monoisotopic (exact) mass is 502 g/mol. The quantitative estimate of drug-likeness (QED) is 0.291. The second kappa shape index (κ2) is 13.8. The molecule has 3 aromatic rings. The molecular formula is C32H38O5. The lowest BCUT2D eigenvalue weighted by Gasteiger charge is -2.31. The highest BCUT2D eigenvalue weighted by Gasteiger charge is 2.47. The molecule has 37 heavy (non-hydrogen) atoms. The maximum atomic E-state index is 6.60. The summed E-state index contributed by atoms with van der Waals surface area (Å²) in [7, 11) is 0. The molecule has 5 heteroatoms. The van der Waals surface area contributed by atoms with Crippen LogP contribution in [0, 0.1) is 5.92 Å². The Bertz CT molecular complexity index is 1020. The van der Waals surface area contributed by atoms with Crippen LogP contribution < -0.4 is 0 Å². The third kappa shape index (κ3) is 7.73. The average molecular weight is 503 g/mol. The third-order valence-corrected chi connectivity index (χ3v) is 7.17. The number of hydrogen-bond acceptors (Lipinski definition) is 5. The molecule has 2 fully saturated rings. The van der Waals surface area contributed by atoms with Crippen molar-refractivity contribution in [1.82, 2.24) is 0 Å². The van der Waals surface area contributed by atoms with Gasteiger partial charge >= 0.3 is 0 Å². The fraction of sp³-hybridized carbons (Fsp3) is 0.438. The van der Waals surface area contributed by atoms with E-state index in [1.807, 2.05) is 54.6 Å². The summed E-state index contributed by atoms with van der Waals surface area (Å²) in [5.74, 6) is 0.154. The number of ether oxygens (including phenoxy) is 5. The predicted octanol–water partition coefficient (Wildman–Crippen LogP) is 6.31. The summed E-state index contributed by atoms with van der Waals surface area (Å²) in [6, 6.07) is 30.9. The van der Waals surface area contributed by atoms with Gasteiger partial charge in [-0.15, -0.1) is 0 Å². The molecule has 1 aliphatic heterocycles. The minimum Gasteiger partial charge on any atom is -0.376 e. The van der Waals surface area contributed by atoms with Gasteiger partial charge in [-0.05, 0) is 42.4 Å². The van der Waals surface area contributed by atoms with Gasteiger partial charge in [0, 0.05) is 12.5 Å². The molecule has 0 N–H and O–H groups in total. The van der Waals surface area contributed by atoms with Crippen LogP contribution in [0.4, 0.5) is 0 Å². The molecule has 1 aliphatic carbocycles. The second-order valence-corrected chi connectivity index (χ2v) is 9.99. The van der Waals surface area contributed by atoms with Crippen molar-refractivity contribution in [3.05, 3.63) is 108 Å². The molecule has 3 aromatic carbocycles. The van der Waals surface area contributed by atoms with Crippen LogP contribution in [0.3, 0.4) is 0 Å². The molecule has 0 spiro atoms. The molecule has 0 aromatic heterocycles. The summed E-state index contributed by atoms with van der Waals surface area (Å²) in [4.78, 5) is 0. The lowest BCUT2D eigenvalue weighted by molar-refractivity contribution is -0.215. The fourth-order valence-electron chi connectivity index (χ4n) is 5.22. The lowest BCUT2D eigenvalue weighted by Crippen LogP contribution is -2.40. The standard InChI is InChI=1S/C32H38O5/c1-4-12-25(13-5-1)21-33-24-28-20-29(37-30-18-10-11-19-34-30)32(36-23-27-16-8-3-9-17-27)31(28)35-22-26-14-6-2-7-15-26/h1-9,12-17,28-32H,10-11,18-24H2/t28-,29-,30?,31+,32?/m1/s1. The number of hydrogen-bond donors (Lipinski definition) is 0. The maximum absolute atomic E-state index is 6.60. The molecule has 0 amide bonds. The lowest BCUT2D eigenvalue weighted by atomic mass is 10.1. The van der Waals surface area contributed by atoms with E-state index in [9.17, 15) is 0 Å². The summed E-state index contributed by atoms with van der Waals surface area (Å²) in [6.07, 6.45) is 3.31. The highest BCUT2D eigenvalue weighted by molar-refractivity contribution is 5.15. The van der Waals surface area contributed by atoms with E-state index in [0.29, 0.717) is 26.4 Å². The molecule has 2 aliphatic rings. The molecule has 1 heterocycles. The van der Waals surface area contributed by atoms with E-state index in [-0.39, 0.29) is 30.5 Å². The van der Waals surface area contributed by atoms with Gasteiger partial charge in [0.2, 0.25) is 0 Å². The third-order valence-electron chi connectivity index (χ3n) is 7.17. The van der Waals surface area contributed by atoms with E-state index in [0.717, 1.165) is 43.4 Å². The highest BCUT2D eigenvalue weighted by Crippen LogP contribution is 2.36. The molecule has 5 rings (SSSR count). The minimum atomic E-state index is -0.209. The van der Waals surface area contributed by atoms with Crippen molar-refractivity contribution < 1.29 is 23.7 Å². The van der Waals surface area contributed by atoms with Crippen molar-refractivity contribution in [3.63, 3.8) is 0 Å². The van der Waals surface area contributed by atoms with Gasteiger partial charge in [0.1, 0.15) is 6.10 Å². The average Bonchev–Trinajstić information content (AvgIpc) is 3.28. The van der Waals surface area contributed by atoms with E-state index in [2.05, 4.69) is 36.4 Å². The van der Waals surface area contributed by atoms with Crippen LogP contribution in [0.2, 0.25) is 0 Å². The predicted molar refractivity (Wildman–Crippen MR) is 143 cm³/mol. The van der Waals surface area contributed by atoms with Crippen molar-refractivity contribution >= 4 is 0 Å². The molecule has 196 valence electrons. The molecule has 1 saturated carbocycles. The van der Waals surface area contributed by atoms with Crippen molar-refractivity contribution in [1.29, 1.82) is 0 Å². The Balaban J connectivity index is 1.30. The largest absolute Gasteiger partial charge is 0.376 e. The zero-order valence-electron chi connectivity index (χ0n) is 21.5. The summed E-state index contributed by atoms with van der Waals surface area (Å²) >= 11 is 0. The Labute approximate surface area is 220 Å². The first-order valence-electron chi connectivity index (χ1n) is 13.5. The van der Waals surface area contributed by atoms with Gasteiger partial charge in [-0.3, -0.25) is 0 Å². The minimum absolute atomic E-state index is 0.113. The normalized spacial score (nSPS) is 25.8. The number of rotatable bonds is 12. The molecule has 0 bridgehead atoms. The summed E-state index contributed by atoms with van der Waals surface area (Å²) < 4.78 is 31.9. The van der Waals surface area contributed by atoms with E-state index in [1.165, 1.54) is 5.56 Å². The summed E-state index contributed by atoms with van der Waals surface area (Å²) in [6.45, 7) is 2.96. The van der Waals surface area contributed by atoms with E-state index < -0.39 is 0 Å². The van der Waals surface area contributed by atoms with Gasteiger partial charge in [-0.2, -0.15) is 0 Å². The first kappa shape index (κ1) is 26.1. The van der Waals surface area contributed by atoms with Crippen molar-refractivity contribution in [2.24, 2.45) is 5.92 Å². The van der Waals surface area contributed by atoms with Crippen LogP contribution in [-0.2, 0) is 43.5 Å². The van der Waals surface area contributed by atoms with Crippen molar-refractivity contribution in [3.8, 4) is 0 Å². The Morgan fingerprint density at radius 1 is 0.649 bits per heavy atom. The van der Waals surface area contributed by atoms with Gasteiger partial charge < -0.3 is 23.7 Å².